The van der Waals surface area contributed by atoms with E-state index in [2.05, 4.69) is 4.98 Å². The van der Waals surface area contributed by atoms with E-state index in [0.29, 0.717) is 12.3 Å². The molecule has 0 aliphatic heterocycles. The van der Waals surface area contributed by atoms with Gasteiger partial charge in [0.1, 0.15) is 9.84 Å². The maximum absolute atomic E-state index is 11.1. The second-order valence-electron chi connectivity index (χ2n) is 5.12. The van der Waals surface area contributed by atoms with Crippen LogP contribution in [0.15, 0.2) is 5.38 Å². The fraction of sp³-hybridized carbons (Fsp3) is 0.750. The van der Waals surface area contributed by atoms with Crippen LogP contribution in [0.1, 0.15) is 54.8 Å². The van der Waals surface area contributed by atoms with E-state index in [0.717, 1.165) is 5.69 Å². The second-order valence-corrected chi connectivity index (χ2v) is 8.27. The molecule has 6 heteroatoms. The summed E-state index contributed by atoms with van der Waals surface area (Å²) in [6.45, 7) is 0. The first kappa shape index (κ1) is 14.0. The van der Waals surface area contributed by atoms with E-state index in [1.54, 1.807) is 11.3 Å². The Hall–Kier alpha value is -0.460. The molecule has 1 atom stereocenters. The summed E-state index contributed by atoms with van der Waals surface area (Å²) in [6.07, 6.45) is 6.73. The van der Waals surface area contributed by atoms with Gasteiger partial charge in [-0.3, -0.25) is 0 Å². The van der Waals surface area contributed by atoms with Gasteiger partial charge in [-0.25, -0.2) is 13.4 Å². The van der Waals surface area contributed by atoms with Crippen LogP contribution in [0, 0.1) is 0 Å². The predicted molar refractivity (Wildman–Crippen MR) is 74.6 cm³/mol. The summed E-state index contributed by atoms with van der Waals surface area (Å²) in [5.41, 5.74) is 6.85. The Kier molecular flexibility index (Phi) is 4.40. The van der Waals surface area contributed by atoms with Gasteiger partial charge >= 0.3 is 0 Å². The molecule has 0 radical (unpaired) electrons. The van der Waals surface area contributed by atoms with Crippen molar-refractivity contribution in [2.24, 2.45) is 5.73 Å². The van der Waals surface area contributed by atoms with E-state index in [9.17, 15) is 8.42 Å². The molecule has 18 heavy (non-hydrogen) atoms. The molecule has 0 amide bonds. The molecule has 1 aromatic rings. The highest BCUT2D eigenvalue weighted by atomic mass is 32.2. The van der Waals surface area contributed by atoms with Crippen LogP contribution in [-0.4, -0.2) is 25.4 Å². The van der Waals surface area contributed by atoms with Crippen molar-refractivity contribution in [2.45, 2.75) is 44.1 Å². The van der Waals surface area contributed by atoms with Gasteiger partial charge in [0.2, 0.25) is 0 Å². The van der Waals surface area contributed by atoms with Crippen molar-refractivity contribution in [3.8, 4) is 0 Å². The van der Waals surface area contributed by atoms with E-state index < -0.39 is 9.84 Å². The number of nitrogens with zero attached hydrogens (tertiary/aromatic N) is 1. The summed E-state index contributed by atoms with van der Waals surface area (Å²) in [6, 6.07) is -0.258. The summed E-state index contributed by atoms with van der Waals surface area (Å²) in [5.74, 6) is 0.732. The quantitative estimate of drug-likeness (QED) is 0.901. The van der Waals surface area contributed by atoms with Crippen molar-refractivity contribution >= 4 is 21.2 Å². The highest BCUT2D eigenvalue weighted by Crippen LogP contribution is 2.36. The molecule has 2 N–H and O–H groups in total. The Labute approximate surface area is 113 Å². The lowest BCUT2D eigenvalue weighted by atomic mass is 10.1. The molecule has 102 valence electrons. The largest absolute Gasteiger partial charge is 0.323 e. The number of hydrogen-bond donors (Lipinski definition) is 1. The highest BCUT2D eigenvalue weighted by Gasteiger charge is 2.21. The summed E-state index contributed by atoms with van der Waals surface area (Å²) in [5, 5.41) is 3.16. The molecule has 1 heterocycles. The molecule has 1 saturated carbocycles. The Balaban J connectivity index is 1.96. The van der Waals surface area contributed by atoms with Gasteiger partial charge < -0.3 is 5.73 Å². The van der Waals surface area contributed by atoms with Gasteiger partial charge in [-0.2, -0.15) is 0 Å². The van der Waals surface area contributed by atoms with Gasteiger partial charge in [0.15, 0.2) is 0 Å². The fourth-order valence-corrected chi connectivity index (χ4v) is 4.06. The Morgan fingerprint density at radius 2 is 2.17 bits per heavy atom. The van der Waals surface area contributed by atoms with Gasteiger partial charge in [-0.1, -0.05) is 12.8 Å². The standard InChI is InChI=1S/C12H20N2O2S2/c1-18(15,16)7-6-10(13)11-8-17-12(14-11)9-4-2-3-5-9/h8-10H,2-7,13H2,1H3. The maximum Gasteiger partial charge on any atom is 0.147 e. The average molecular weight is 288 g/mol. The summed E-state index contributed by atoms with van der Waals surface area (Å²) in [4.78, 5) is 4.59. The van der Waals surface area contributed by atoms with Crippen molar-refractivity contribution in [2.75, 3.05) is 12.0 Å². The van der Waals surface area contributed by atoms with Crippen LogP contribution >= 0.6 is 11.3 Å². The zero-order valence-corrected chi connectivity index (χ0v) is 12.3. The summed E-state index contributed by atoms with van der Waals surface area (Å²) < 4.78 is 22.2. The van der Waals surface area contributed by atoms with Crippen molar-refractivity contribution in [1.82, 2.24) is 4.98 Å². The van der Waals surface area contributed by atoms with Gasteiger partial charge in [0.05, 0.1) is 16.5 Å². The van der Waals surface area contributed by atoms with Crippen molar-refractivity contribution in [3.63, 3.8) is 0 Å². The number of thiazole rings is 1. The average Bonchev–Trinajstić information content (AvgIpc) is 2.94. The van der Waals surface area contributed by atoms with Crippen LogP contribution in [0.5, 0.6) is 0 Å². The van der Waals surface area contributed by atoms with E-state index in [1.807, 2.05) is 5.38 Å². The number of rotatable bonds is 5. The lowest BCUT2D eigenvalue weighted by molar-refractivity contribution is 0.589. The summed E-state index contributed by atoms with van der Waals surface area (Å²) in [7, 11) is -2.94. The topological polar surface area (TPSA) is 73.0 Å². The third-order valence-corrected chi connectivity index (χ3v) is 5.43. The molecule has 1 fully saturated rings. The zero-order chi connectivity index (χ0) is 13.2. The third-order valence-electron chi connectivity index (χ3n) is 3.42. The van der Waals surface area contributed by atoms with E-state index in [-0.39, 0.29) is 11.8 Å². The van der Waals surface area contributed by atoms with Gasteiger partial charge in [0.25, 0.3) is 0 Å². The molecule has 4 nitrogen and oxygen atoms in total. The molecule has 1 aliphatic carbocycles. The minimum atomic E-state index is -2.94. The van der Waals surface area contributed by atoms with Gasteiger partial charge in [0, 0.05) is 23.6 Å². The normalized spacial score (nSPS) is 19.2. The van der Waals surface area contributed by atoms with Gasteiger partial charge in [-0.05, 0) is 19.3 Å². The van der Waals surface area contributed by atoms with E-state index >= 15 is 0 Å². The van der Waals surface area contributed by atoms with E-state index in [1.165, 1.54) is 36.9 Å². The molecular weight excluding hydrogens is 268 g/mol. The van der Waals surface area contributed by atoms with Crippen LogP contribution in [0.25, 0.3) is 0 Å². The monoisotopic (exact) mass is 288 g/mol. The second kappa shape index (κ2) is 5.67. The first-order valence-electron chi connectivity index (χ1n) is 6.34. The molecule has 0 spiro atoms. The van der Waals surface area contributed by atoms with Crippen molar-refractivity contribution in [1.29, 1.82) is 0 Å². The first-order chi connectivity index (χ1) is 8.46. The lowest BCUT2D eigenvalue weighted by Crippen LogP contribution is -2.16. The molecular formula is C12H20N2O2S2. The van der Waals surface area contributed by atoms with E-state index in [4.69, 9.17) is 5.73 Å². The van der Waals surface area contributed by atoms with Crippen molar-refractivity contribution < 1.29 is 8.42 Å². The van der Waals surface area contributed by atoms with Crippen LogP contribution in [0.2, 0.25) is 0 Å². The number of sulfone groups is 1. The first-order valence-corrected chi connectivity index (χ1v) is 9.28. The van der Waals surface area contributed by atoms with Crippen LogP contribution < -0.4 is 5.73 Å². The molecule has 0 saturated heterocycles. The lowest BCUT2D eigenvalue weighted by Gasteiger charge is -2.08. The maximum atomic E-state index is 11.1. The Morgan fingerprint density at radius 3 is 2.78 bits per heavy atom. The number of nitrogens with two attached hydrogens (primary N) is 1. The minimum Gasteiger partial charge on any atom is -0.323 e. The Morgan fingerprint density at radius 1 is 1.50 bits per heavy atom. The Bertz CT molecular complexity index is 490. The smallest absolute Gasteiger partial charge is 0.147 e. The van der Waals surface area contributed by atoms with Crippen LogP contribution in [-0.2, 0) is 9.84 Å². The minimum absolute atomic E-state index is 0.129. The highest BCUT2D eigenvalue weighted by molar-refractivity contribution is 7.90. The summed E-state index contributed by atoms with van der Waals surface area (Å²) >= 11 is 1.67. The molecule has 0 bridgehead atoms. The van der Waals surface area contributed by atoms with Crippen LogP contribution in [0.4, 0.5) is 0 Å². The van der Waals surface area contributed by atoms with Gasteiger partial charge in [-0.15, -0.1) is 11.3 Å². The van der Waals surface area contributed by atoms with Crippen molar-refractivity contribution in [3.05, 3.63) is 16.1 Å². The fourth-order valence-electron chi connectivity index (χ4n) is 2.32. The number of aromatic nitrogens is 1. The SMILES string of the molecule is CS(=O)(=O)CCC(N)c1csc(C2CCCC2)n1. The molecule has 2 rings (SSSR count). The zero-order valence-electron chi connectivity index (χ0n) is 10.6. The number of hydrogen-bond acceptors (Lipinski definition) is 5. The molecule has 1 unspecified atom stereocenters. The predicted octanol–water partition coefficient (Wildman–Crippen LogP) is 2.24. The molecule has 0 aromatic carbocycles. The molecule has 1 aliphatic rings. The molecule has 1 aromatic heterocycles. The third kappa shape index (κ3) is 3.76. The van der Waals surface area contributed by atoms with Crippen LogP contribution in [0.3, 0.4) is 0 Å².